The van der Waals surface area contributed by atoms with E-state index in [1.165, 1.54) is 0 Å². The van der Waals surface area contributed by atoms with Gasteiger partial charge >= 0.3 is 0 Å². The molecule has 2 N–H and O–H groups in total. The second kappa shape index (κ2) is 6.85. The van der Waals surface area contributed by atoms with E-state index in [0.717, 1.165) is 0 Å². The van der Waals surface area contributed by atoms with Crippen LogP contribution < -0.4 is 10.5 Å². The Bertz CT molecular complexity index is 607. The van der Waals surface area contributed by atoms with Crippen molar-refractivity contribution in [1.29, 1.82) is 0 Å². The number of ether oxygens (including phenoxy) is 1. The van der Waals surface area contributed by atoms with Gasteiger partial charge in [0, 0.05) is 23.2 Å². The van der Waals surface area contributed by atoms with Crippen molar-refractivity contribution in [3.05, 3.63) is 23.8 Å². The third-order valence-corrected chi connectivity index (χ3v) is 3.63. The number of hydrogen-bond acceptors (Lipinski definition) is 4. The van der Waals surface area contributed by atoms with Gasteiger partial charge in [-0.05, 0) is 18.9 Å². The highest BCUT2D eigenvalue weighted by Gasteiger charge is 2.22. The van der Waals surface area contributed by atoms with Gasteiger partial charge in [-0.2, -0.15) is 0 Å². The van der Waals surface area contributed by atoms with Crippen LogP contribution in [0.4, 0.5) is 8.78 Å². The lowest BCUT2D eigenvalue weighted by atomic mass is 10.2. The molecule has 0 aromatic heterocycles. The zero-order valence-electron chi connectivity index (χ0n) is 10.2. The van der Waals surface area contributed by atoms with Crippen molar-refractivity contribution >= 4 is 25.6 Å². The van der Waals surface area contributed by atoms with Gasteiger partial charge < -0.3 is 10.5 Å². The van der Waals surface area contributed by atoms with Gasteiger partial charge in [0.1, 0.15) is 10.7 Å². The fraction of sp³-hybridized carbons (Fsp3) is 0.364. The number of carbonyl (C=O) groups is 1. The van der Waals surface area contributed by atoms with E-state index in [1.807, 2.05) is 0 Å². The molecule has 0 spiro atoms. The van der Waals surface area contributed by atoms with E-state index in [2.05, 4.69) is 0 Å². The Morgan fingerprint density at radius 2 is 1.95 bits per heavy atom. The molecule has 0 bridgehead atoms. The molecule has 5 nitrogen and oxygen atoms in total. The molecule has 0 aliphatic heterocycles. The molecule has 0 fully saturated rings. The number of amides is 1. The number of carbonyl (C=O) groups excluding carboxylic acids is 1. The average molecular weight is 328 g/mol. The summed E-state index contributed by atoms with van der Waals surface area (Å²) in [4.78, 5) is 9.72. The van der Waals surface area contributed by atoms with E-state index in [0.29, 0.717) is 25.0 Å². The highest BCUT2D eigenvalue weighted by atomic mass is 35.7. The van der Waals surface area contributed by atoms with Crippen LogP contribution in [0.5, 0.6) is 5.75 Å². The van der Waals surface area contributed by atoms with Crippen molar-refractivity contribution < 1.29 is 26.7 Å². The molecule has 1 amide bonds. The molecule has 0 atom stereocenters. The van der Waals surface area contributed by atoms with Crippen LogP contribution in [0.2, 0.25) is 0 Å². The van der Waals surface area contributed by atoms with Crippen LogP contribution in [0.25, 0.3) is 0 Å². The second-order valence-electron chi connectivity index (χ2n) is 3.92. The predicted molar refractivity (Wildman–Crippen MR) is 67.9 cm³/mol. The number of rotatable bonds is 7. The quantitative estimate of drug-likeness (QED) is 0.612. The summed E-state index contributed by atoms with van der Waals surface area (Å²) < 4.78 is 53.9. The number of primary amides is 1. The molecule has 1 aromatic carbocycles. The predicted octanol–water partition coefficient (Wildman–Crippen LogP) is 1.93. The minimum atomic E-state index is -4.34. The maximum Gasteiger partial charge on any atom is 0.265 e. The molecule has 9 heteroatoms. The van der Waals surface area contributed by atoms with Crippen molar-refractivity contribution in [2.75, 3.05) is 6.61 Å². The van der Waals surface area contributed by atoms with Crippen LogP contribution in [0.3, 0.4) is 0 Å². The highest BCUT2D eigenvalue weighted by molar-refractivity contribution is 8.13. The van der Waals surface area contributed by atoms with E-state index < -0.39 is 37.2 Å². The molecule has 0 aliphatic rings. The highest BCUT2D eigenvalue weighted by Crippen LogP contribution is 2.31. The summed E-state index contributed by atoms with van der Waals surface area (Å²) in [6, 6.07) is 1.06. The fourth-order valence-corrected chi connectivity index (χ4v) is 2.41. The zero-order chi connectivity index (χ0) is 15.3. The summed E-state index contributed by atoms with van der Waals surface area (Å²) in [5.74, 6) is -3.37. The summed E-state index contributed by atoms with van der Waals surface area (Å²) in [6.45, 7) is -0.0603. The SMILES string of the molecule is NC(=O)CCCCOc1c(F)cc(F)cc1S(=O)(=O)Cl. The second-order valence-corrected chi connectivity index (χ2v) is 6.46. The molecule has 112 valence electrons. The van der Waals surface area contributed by atoms with Crippen molar-refractivity contribution in [2.45, 2.75) is 24.2 Å². The van der Waals surface area contributed by atoms with Gasteiger partial charge in [-0.25, -0.2) is 17.2 Å². The first-order valence-corrected chi connectivity index (χ1v) is 7.87. The Labute approximate surface area is 119 Å². The van der Waals surface area contributed by atoms with Gasteiger partial charge in [-0.1, -0.05) is 0 Å². The maximum absolute atomic E-state index is 13.5. The standard InChI is InChI=1S/C11H12ClF2NO4S/c12-20(17,18)9-6-7(13)5-8(14)11(9)19-4-2-1-3-10(15)16/h5-6H,1-4H2,(H2,15,16). The first kappa shape index (κ1) is 16.6. The lowest BCUT2D eigenvalue weighted by Crippen LogP contribution is -2.11. The molecule has 0 unspecified atom stereocenters. The first-order chi connectivity index (χ1) is 9.21. The number of hydrogen-bond donors (Lipinski definition) is 1. The smallest absolute Gasteiger partial charge is 0.265 e. The molecule has 0 radical (unpaired) electrons. The third-order valence-electron chi connectivity index (χ3n) is 2.30. The molecule has 0 saturated carbocycles. The number of halogens is 3. The van der Waals surface area contributed by atoms with Crippen LogP contribution in [0.15, 0.2) is 17.0 Å². The van der Waals surface area contributed by atoms with E-state index in [1.54, 1.807) is 0 Å². The number of benzene rings is 1. The van der Waals surface area contributed by atoms with Crippen LogP contribution >= 0.6 is 10.7 Å². The Morgan fingerprint density at radius 3 is 2.50 bits per heavy atom. The van der Waals surface area contributed by atoms with Gasteiger partial charge in [0.05, 0.1) is 6.61 Å². The van der Waals surface area contributed by atoms with E-state index >= 15 is 0 Å². The van der Waals surface area contributed by atoms with Crippen molar-refractivity contribution in [2.24, 2.45) is 5.73 Å². The van der Waals surface area contributed by atoms with Crippen LogP contribution in [-0.2, 0) is 13.8 Å². The Kier molecular flexibility index (Phi) is 5.70. The fourth-order valence-electron chi connectivity index (χ4n) is 1.43. The maximum atomic E-state index is 13.5. The summed E-state index contributed by atoms with van der Waals surface area (Å²) >= 11 is 0. The van der Waals surface area contributed by atoms with Gasteiger partial charge in [-0.3, -0.25) is 4.79 Å². The van der Waals surface area contributed by atoms with Crippen molar-refractivity contribution in [1.82, 2.24) is 0 Å². The van der Waals surface area contributed by atoms with Crippen LogP contribution in [-0.4, -0.2) is 20.9 Å². The number of nitrogens with two attached hydrogens (primary N) is 1. The van der Waals surface area contributed by atoms with Gasteiger partial charge in [0.15, 0.2) is 11.6 Å². The zero-order valence-corrected chi connectivity index (χ0v) is 11.8. The minimum absolute atomic E-state index is 0.0603. The van der Waals surface area contributed by atoms with E-state index in [9.17, 15) is 22.0 Å². The Hall–Kier alpha value is -1.41. The Balaban J connectivity index is 2.81. The van der Waals surface area contributed by atoms with Crippen molar-refractivity contribution in [3.63, 3.8) is 0 Å². The largest absolute Gasteiger partial charge is 0.489 e. The lowest BCUT2D eigenvalue weighted by molar-refractivity contribution is -0.118. The van der Waals surface area contributed by atoms with Crippen molar-refractivity contribution in [3.8, 4) is 5.75 Å². The normalized spacial score (nSPS) is 11.3. The summed E-state index contributed by atoms with van der Waals surface area (Å²) in [6.07, 6.45) is 0.887. The van der Waals surface area contributed by atoms with Crippen LogP contribution in [0, 0.1) is 11.6 Å². The molecule has 1 aromatic rings. The van der Waals surface area contributed by atoms with E-state index in [-0.39, 0.29) is 13.0 Å². The average Bonchev–Trinajstić information content (AvgIpc) is 2.28. The summed E-state index contributed by atoms with van der Waals surface area (Å²) in [7, 11) is 0.746. The third kappa shape index (κ3) is 4.93. The van der Waals surface area contributed by atoms with E-state index in [4.69, 9.17) is 21.2 Å². The van der Waals surface area contributed by atoms with Gasteiger partial charge in [0.25, 0.3) is 9.05 Å². The van der Waals surface area contributed by atoms with Gasteiger partial charge in [-0.15, -0.1) is 0 Å². The lowest BCUT2D eigenvalue weighted by Gasteiger charge is -2.10. The molecular formula is C11H12ClF2NO4S. The molecule has 1 rings (SSSR count). The molecule has 0 aliphatic carbocycles. The van der Waals surface area contributed by atoms with Gasteiger partial charge in [0.2, 0.25) is 5.91 Å². The molecule has 0 heterocycles. The molecular weight excluding hydrogens is 316 g/mol. The summed E-state index contributed by atoms with van der Waals surface area (Å²) in [5.41, 5.74) is 4.93. The molecule has 0 saturated heterocycles. The number of unbranched alkanes of at least 4 members (excludes halogenated alkanes) is 1. The first-order valence-electron chi connectivity index (χ1n) is 5.56. The minimum Gasteiger partial charge on any atom is -0.489 e. The summed E-state index contributed by atoms with van der Waals surface area (Å²) in [5, 5.41) is 0. The molecule has 20 heavy (non-hydrogen) atoms. The monoisotopic (exact) mass is 327 g/mol. The van der Waals surface area contributed by atoms with Crippen LogP contribution in [0.1, 0.15) is 19.3 Å². The topological polar surface area (TPSA) is 86.5 Å². The Morgan fingerprint density at radius 1 is 1.30 bits per heavy atom.